The lowest BCUT2D eigenvalue weighted by Gasteiger charge is -2.19. The topological polar surface area (TPSA) is 12.0 Å². The molecule has 0 aromatic heterocycles. The third-order valence-electron chi connectivity index (χ3n) is 2.78. The van der Waals surface area contributed by atoms with Crippen LogP contribution in [0.5, 0.6) is 0 Å². The minimum absolute atomic E-state index is 0.154. The molecular formula is C16H24FN. The van der Waals surface area contributed by atoms with Gasteiger partial charge in [-0.15, -0.1) is 0 Å². The first-order chi connectivity index (χ1) is 8.38. The molecule has 1 nitrogen and oxygen atoms in total. The van der Waals surface area contributed by atoms with Gasteiger partial charge < -0.3 is 5.32 Å². The highest BCUT2D eigenvalue weighted by Gasteiger charge is 2.06. The number of nitrogens with one attached hydrogen (secondary N) is 1. The SMILES string of the molecule is Cc1ccc(F)cc1C/C=C/CCNC(C)(C)C. The van der Waals surface area contributed by atoms with Crippen LogP contribution in [0.4, 0.5) is 4.39 Å². The molecule has 0 fully saturated rings. The van der Waals surface area contributed by atoms with Gasteiger partial charge in [0.15, 0.2) is 0 Å². The number of allylic oxidation sites excluding steroid dienone is 1. The van der Waals surface area contributed by atoms with Crippen molar-refractivity contribution in [1.82, 2.24) is 5.32 Å². The second-order valence-corrected chi connectivity index (χ2v) is 5.71. The van der Waals surface area contributed by atoms with Crippen molar-refractivity contribution in [3.63, 3.8) is 0 Å². The molecule has 0 unspecified atom stereocenters. The smallest absolute Gasteiger partial charge is 0.123 e. The average Bonchev–Trinajstić information content (AvgIpc) is 2.26. The molecule has 100 valence electrons. The lowest BCUT2D eigenvalue weighted by atomic mass is 10.1. The van der Waals surface area contributed by atoms with Gasteiger partial charge in [0.2, 0.25) is 0 Å². The fraction of sp³-hybridized carbons (Fsp3) is 0.500. The lowest BCUT2D eigenvalue weighted by molar-refractivity contribution is 0.431. The van der Waals surface area contributed by atoms with E-state index < -0.39 is 0 Å². The molecule has 1 aromatic rings. The molecular weight excluding hydrogens is 225 g/mol. The van der Waals surface area contributed by atoms with E-state index in [2.05, 4.69) is 38.2 Å². The van der Waals surface area contributed by atoms with Crippen LogP contribution in [-0.2, 0) is 6.42 Å². The van der Waals surface area contributed by atoms with Gasteiger partial charge in [0.05, 0.1) is 0 Å². The van der Waals surface area contributed by atoms with Crippen molar-refractivity contribution in [2.75, 3.05) is 6.54 Å². The van der Waals surface area contributed by atoms with Gasteiger partial charge in [-0.1, -0.05) is 18.2 Å². The molecule has 0 spiro atoms. The summed E-state index contributed by atoms with van der Waals surface area (Å²) in [6.07, 6.45) is 6.08. The zero-order chi connectivity index (χ0) is 13.6. The molecule has 0 amide bonds. The summed E-state index contributed by atoms with van der Waals surface area (Å²) in [5.74, 6) is -0.154. The van der Waals surface area contributed by atoms with Gasteiger partial charge in [0.1, 0.15) is 5.82 Å². The van der Waals surface area contributed by atoms with Crippen LogP contribution in [0.1, 0.15) is 38.3 Å². The third-order valence-corrected chi connectivity index (χ3v) is 2.78. The van der Waals surface area contributed by atoms with Gasteiger partial charge in [-0.05, 0) is 70.3 Å². The summed E-state index contributed by atoms with van der Waals surface area (Å²) in [7, 11) is 0. The van der Waals surface area contributed by atoms with Crippen LogP contribution in [0.2, 0.25) is 0 Å². The van der Waals surface area contributed by atoms with Gasteiger partial charge in [0.25, 0.3) is 0 Å². The Bertz CT molecular complexity index is 402. The molecule has 1 rings (SSSR count). The van der Waals surface area contributed by atoms with E-state index >= 15 is 0 Å². The van der Waals surface area contributed by atoms with E-state index in [1.165, 1.54) is 6.07 Å². The summed E-state index contributed by atoms with van der Waals surface area (Å²) in [5, 5.41) is 3.43. The second-order valence-electron chi connectivity index (χ2n) is 5.71. The highest BCUT2D eigenvalue weighted by atomic mass is 19.1. The van der Waals surface area contributed by atoms with E-state index in [0.29, 0.717) is 0 Å². The van der Waals surface area contributed by atoms with Crippen LogP contribution in [0.3, 0.4) is 0 Å². The number of halogens is 1. The Kier molecular flexibility index (Phi) is 5.54. The first kappa shape index (κ1) is 14.9. The summed E-state index contributed by atoms with van der Waals surface area (Å²) in [4.78, 5) is 0. The third kappa shape index (κ3) is 5.97. The summed E-state index contributed by atoms with van der Waals surface area (Å²) < 4.78 is 13.1. The fourth-order valence-electron chi connectivity index (χ4n) is 1.72. The van der Waals surface area contributed by atoms with E-state index in [-0.39, 0.29) is 11.4 Å². The van der Waals surface area contributed by atoms with Crippen LogP contribution >= 0.6 is 0 Å². The number of benzene rings is 1. The van der Waals surface area contributed by atoms with Crippen LogP contribution in [0.15, 0.2) is 30.4 Å². The van der Waals surface area contributed by atoms with Gasteiger partial charge in [0, 0.05) is 5.54 Å². The van der Waals surface area contributed by atoms with Gasteiger partial charge in [-0.25, -0.2) is 4.39 Å². The lowest BCUT2D eigenvalue weighted by Crippen LogP contribution is -2.36. The predicted molar refractivity (Wildman–Crippen MR) is 76.4 cm³/mol. The minimum atomic E-state index is -0.154. The van der Waals surface area contributed by atoms with Crippen molar-refractivity contribution in [3.8, 4) is 0 Å². The highest BCUT2D eigenvalue weighted by Crippen LogP contribution is 2.11. The van der Waals surface area contributed by atoms with E-state index in [1.54, 1.807) is 6.07 Å². The van der Waals surface area contributed by atoms with Crippen molar-refractivity contribution >= 4 is 0 Å². The second kappa shape index (κ2) is 6.69. The van der Waals surface area contributed by atoms with E-state index in [4.69, 9.17) is 0 Å². The maximum atomic E-state index is 13.1. The molecule has 0 bridgehead atoms. The number of aryl methyl sites for hydroxylation is 1. The molecule has 0 radical (unpaired) electrons. The summed E-state index contributed by atoms with van der Waals surface area (Å²) in [6, 6.07) is 4.96. The average molecular weight is 249 g/mol. The first-order valence-electron chi connectivity index (χ1n) is 6.53. The number of hydrogen-bond donors (Lipinski definition) is 1. The standard InChI is InChI=1S/C16H24FN/c1-13-9-10-15(17)12-14(13)8-6-5-7-11-18-16(2,3)4/h5-6,9-10,12,18H,7-8,11H2,1-4H3/b6-5+. The molecule has 1 aromatic carbocycles. The molecule has 0 aliphatic carbocycles. The maximum absolute atomic E-state index is 13.1. The predicted octanol–water partition coefficient (Wildman–Crippen LogP) is 4.01. The van der Waals surface area contributed by atoms with Crippen molar-refractivity contribution in [2.45, 2.75) is 46.1 Å². The molecule has 0 aliphatic heterocycles. The van der Waals surface area contributed by atoms with E-state index in [1.807, 2.05) is 13.0 Å². The normalized spacial score (nSPS) is 12.3. The Morgan fingerprint density at radius 3 is 2.61 bits per heavy atom. The molecule has 0 atom stereocenters. The number of rotatable bonds is 5. The van der Waals surface area contributed by atoms with Crippen molar-refractivity contribution in [3.05, 3.63) is 47.3 Å². The number of hydrogen-bond acceptors (Lipinski definition) is 1. The largest absolute Gasteiger partial charge is 0.312 e. The molecule has 0 aliphatic rings. The van der Waals surface area contributed by atoms with Gasteiger partial charge >= 0.3 is 0 Å². The quantitative estimate of drug-likeness (QED) is 0.614. The zero-order valence-corrected chi connectivity index (χ0v) is 11.9. The van der Waals surface area contributed by atoms with Crippen LogP contribution < -0.4 is 5.32 Å². The van der Waals surface area contributed by atoms with Gasteiger partial charge in [-0.2, -0.15) is 0 Å². The highest BCUT2D eigenvalue weighted by molar-refractivity contribution is 5.28. The van der Waals surface area contributed by atoms with Crippen molar-refractivity contribution in [2.24, 2.45) is 0 Å². The van der Waals surface area contributed by atoms with Crippen molar-refractivity contribution < 1.29 is 4.39 Å². The Morgan fingerprint density at radius 1 is 1.22 bits per heavy atom. The van der Waals surface area contributed by atoms with Crippen LogP contribution in [0.25, 0.3) is 0 Å². The molecule has 0 saturated carbocycles. The summed E-state index contributed by atoms with van der Waals surface area (Å²) >= 11 is 0. The Hall–Kier alpha value is -1.15. The monoisotopic (exact) mass is 249 g/mol. The molecule has 1 N–H and O–H groups in total. The minimum Gasteiger partial charge on any atom is -0.312 e. The Morgan fingerprint density at radius 2 is 1.94 bits per heavy atom. The fourth-order valence-corrected chi connectivity index (χ4v) is 1.72. The van der Waals surface area contributed by atoms with Crippen LogP contribution in [0, 0.1) is 12.7 Å². The molecule has 2 heteroatoms. The van der Waals surface area contributed by atoms with Crippen molar-refractivity contribution in [1.29, 1.82) is 0 Å². The van der Waals surface area contributed by atoms with E-state index in [0.717, 1.165) is 30.5 Å². The Balaban J connectivity index is 2.34. The first-order valence-corrected chi connectivity index (χ1v) is 6.53. The van der Waals surface area contributed by atoms with E-state index in [9.17, 15) is 4.39 Å². The Labute approximate surface area is 110 Å². The maximum Gasteiger partial charge on any atom is 0.123 e. The molecule has 0 heterocycles. The van der Waals surface area contributed by atoms with Gasteiger partial charge in [-0.3, -0.25) is 0 Å². The van der Waals surface area contributed by atoms with Crippen LogP contribution in [-0.4, -0.2) is 12.1 Å². The molecule has 18 heavy (non-hydrogen) atoms. The summed E-state index contributed by atoms with van der Waals surface area (Å²) in [6.45, 7) is 9.47. The molecule has 0 saturated heterocycles. The zero-order valence-electron chi connectivity index (χ0n) is 11.9. The summed E-state index contributed by atoms with van der Waals surface area (Å²) in [5.41, 5.74) is 2.39.